The SMILES string of the molecule is CC/C(C)=C/C(=O)N1CCC(CNC(=O)CC#N)CC1. The molecule has 0 aliphatic carbocycles. The number of rotatable bonds is 5. The molecule has 0 aromatic carbocycles. The van der Waals surface area contributed by atoms with Crippen LogP contribution in [-0.4, -0.2) is 36.3 Å². The Morgan fingerprint density at radius 3 is 2.60 bits per heavy atom. The van der Waals surface area contributed by atoms with E-state index in [1.54, 1.807) is 6.08 Å². The smallest absolute Gasteiger partial charge is 0.246 e. The van der Waals surface area contributed by atoms with Gasteiger partial charge >= 0.3 is 0 Å². The molecule has 1 saturated heterocycles. The zero-order chi connectivity index (χ0) is 15.0. The van der Waals surface area contributed by atoms with Crippen LogP contribution in [0.3, 0.4) is 0 Å². The molecule has 0 radical (unpaired) electrons. The second kappa shape index (κ2) is 8.36. The van der Waals surface area contributed by atoms with Gasteiger partial charge in [0.25, 0.3) is 0 Å². The van der Waals surface area contributed by atoms with E-state index >= 15 is 0 Å². The quantitative estimate of drug-likeness (QED) is 0.776. The Bertz CT molecular complexity index is 415. The molecular weight excluding hydrogens is 254 g/mol. The average Bonchev–Trinajstić information content (AvgIpc) is 2.45. The van der Waals surface area contributed by atoms with Crippen LogP contribution < -0.4 is 5.32 Å². The van der Waals surface area contributed by atoms with Gasteiger partial charge in [-0.15, -0.1) is 0 Å². The summed E-state index contributed by atoms with van der Waals surface area (Å²) in [4.78, 5) is 25.0. The first-order chi connectivity index (χ1) is 9.56. The summed E-state index contributed by atoms with van der Waals surface area (Å²) in [6.45, 7) is 6.09. The Balaban J connectivity index is 2.31. The van der Waals surface area contributed by atoms with Crippen LogP contribution in [0.1, 0.15) is 39.5 Å². The van der Waals surface area contributed by atoms with Crippen LogP contribution in [0.25, 0.3) is 0 Å². The molecule has 0 aromatic rings. The van der Waals surface area contributed by atoms with Gasteiger partial charge in [-0.25, -0.2) is 0 Å². The van der Waals surface area contributed by atoms with Gasteiger partial charge in [0.1, 0.15) is 6.42 Å². The number of amides is 2. The van der Waals surface area contributed by atoms with Gasteiger partial charge in [-0.1, -0.05) is 12.5 Å². The van der Waals surface area contributed by atoms with Gasteiger partial charge in [0.15, 0.2) is 0 Å². The van der Waals surface area contributed by atoms with E-state index in [2.05, 4.69) is 5.32 Å². The topological polar surface area (TPSA) is 73.2 Å². The molecule has 20 heavy (non-hydrogen) atoms. The highest BCUT2D eigenvalue weighted by molar-refractivity contribution is 5.88. The van der Waals surface area contributed by atoms with Crippen LogP contribution in [0.15, 0.2) is 11.6 Å². The lowest BCUT2D eigenvalue weighted by molar-refractivity contribution is -0.127. The number of likely N-dealkylation sites (tertiary alicyclic amines) is 1. The Labute approximate surface area is 120 Å². The van der Waals surface area contributed by atoms with Crippen molar-refractivity contribution in [1.82, 2.24) is 10.2 Å². The number of hydrogen-bond acceptors (Lipinski definition) is 3. The molecule has 0 bridgehead atoms. The van der Waals surface area contributed by atoms with Crippen molar-refractivity contribution in [2.45, 2.75) is 39.5 Å². The van der Waals surface area contributed by atoms with Crippen LogP contribution in [0, 0.1) is 17.2 Å². The number of hydrogen-bond donors (Lipinski definition) is 1. The first kappa shape index (κ1) is 16.2. The van der Waals surface area contributed by atoms with E-state index in [1.807, 2.05) is 24.8 Å². The molecular formula is C15H23N3O2. The van der Waals surface area contributed by atoms with Gasteiger partial charge < -0.3 is 10.2 Å². The number of nitrogens with one attached hydrogen (secondary N) is 1. The summed E-state index contributed by atoms with van der Waals surface area (Å²) in [5, 5.41) is 11.2. The number of carbonyl (C=O) groups is 2. The predicted octanol–water partition coefficient (Wildman–Crippen LogP) is 1.61. The fraction of sp³-hybridized carbons (Fsp3) is 0.667. The molecule has 0 atom stereocenters. The number of carbonyl (C=O) groups excluding carboxylic acids is 2. The number of nitrogens with zero attached hydrogens (tertiary/aromatic N) is 2. The molecule has 5 heteroatoms. The maximum absolute atomic E-state index is 12.0. The van der Waals surface area contributed by atoms with E-state index in [1.165, 1.54) is 0 Å². The van der Waals surface area contributed by atoms with Gasteiger partial charge in [-0.3, -0.25) is 9.59 Å². The Morgan fingerprint density at radius 1 is 1.40 bits per heavy atom. The maximum atomic E-state index is 12.0. The van der Waals surface area contributed by atoms with E-state index in [4.69, 9.17) is 5.26 Å². The largest absolute Gasteiger partial charge is 0.355 e. The first-order valence-corrected chi connectivity index (χ1v) is 7.16. The summed E-state index contributed by atoms with van der Waals surface area (Å²) in [6, 6.07) is 1.83. The zero-order valence-electron chi connectivity index (χ0n) is 12.3. The van der Waals surface area contributed by atoms with E-state index in [0.717, 1.165) is 37.9 Å². The summed E-state index contributed by atoms with van der Waals surface area (Å²) in [5.41, 5.74) is 1.10. The van der Waals surface area contributed by atoms with Crippen LogP contribution in [0.5, 0.6) is 0 Å². The summed E-state index contributed by atoms with van der Waals surface area (Å²) in [6.07, 6.45) is 4.33. The van der Waals surface area contributed by atoms with Crippen molar-refractivity contribution in [2.24, 2.45) is 5.92 Å². The standard InChI is InChI=1S/C15H23N3O2/c1-3-12(2)10-15(20)18-8-5-13(6-9-18)11-17-14(19)4-7-16/h10,13H,3-6,8-9,11H2,1-2H3,(H,17,19)/b12-10+. The lowest BCUT2D eigenvalue weighted by Crippen LogP contribution is -2.41. The third kappa shape index (κ3) is 5.43. The molecule has 110 valence electrons. The van der Waals surface area contributed by atoms with Gasteiger partial charge in [0.2, 0.25) is 11.8 Å². The fourth-order valence-corrected chi connectivity index (χ4v) is 2.15. The molecule has 1 aliphatic heterocycles. The fourth-order valence-electron chi connectivity index (χ4n) is 2.15. The minimum atomic E-state index is -0.215. The Hall–Kier alpha value is -1.83. The molecule has 1 rings (SSSR count). The highest BCUT2D eigenvalue weighted by Gasteiger charge is 2.21. The van der Waals surface area contributed by atoms with E-state index in [0.29, 0.717) is 12.5 Å². The van der Waals surface area contributed by atoms with Gasteiger partial charge in [0.05, 0.1) is 6.07 Å². The third-order valence-corrected chi connectivity index (χ3v) is 3.68. The predicted molar refractivity (Wildman–Crippen MR) is 76.6 cm³/mol. The average molecular weight is 277 g/mol. The van der Waals surface area contributed by atoms with Gasteiger partial charge in [0, 0.05) is 25.7 Å². The summed E-state index contributed by atoms with van der Waals surface area (Å²) >= 11 is 0. The van der Waals surface area contributed by atoms with Crippen molar-refractivity contribution in [3.8, 4) is 6.07 Å². The lowest BCUT2D eigenvalue weighted by Gasteiger charge is -2.31. The molecule has 0 spiro atoms. The second-order valence-corrected chi connectivity index (χ2v) is 5.25. The van der Waals surface area contributed by atoms with Crippen LogP contribution in [0.4, 0.5) is 0 Å². The first-order valence-electron chi connectivity index (χ1n) is 7.16. The number of allylic oxidation sites excluding steroid dienone is 1. The number of nitriles is 1. The summed E-state index contributed by atoms with van der Waals surface area (Å²) in [7, 11) is 0. The zero-order valence-corrected chi connectivity index (χ0v) is 12.3. The van der Waals surface area contributed by atoms with Crippen molar-refractivity contribution in [3.05, 3.63) is 11.6 Å². The van der Waals surface area contributed by atoms with Gasteiger partial charge in [-0.05, 0) is 32.1 Å². The summed E-state index contributed by atoms with van der Waals surface area (Å²) in [5.74, 6) is 0.279. The monoisotopic (exact) mass is 277 g/mol. The minimum absolute atomic E-state index is 0.0849. The minimum Gasteiger partial charge on any atom is -0.355 e. The Kier molecular flexibility index (Phi) is 6.78. The molecule has 1 fully saturated rings. The van der Waals surface area contributed by atoms with Gasteiger partial charge in [-0.2, -0.15) is 5.26 Å². The van der Waals surface area contributed by atoms with Crippen molar-refractivity contribution < 1.29 is 9.59 Å². The Morgan fingerprint density at radius 2 is 2.05 bits per heavy atom. The van der Waals surface area contributed by atoms with E-state index < -0.39 is 0 Å². The van der Waals surface area contributed by atoms with Crippen molar-refractivity contribution in [3.63, 3.8) is 0 Å². The lowest BCUT2D eigenvalue weighted by atomic mass is 9.96. The highest BCUT2D eigenvalue weighted by Crippen LogP contribution is 2.17. The number of piperidine rings is 1. The van der Waals surface area contributed by atoms with E-state index in [-0.39, 0.29) is 18.2 Å². The molecule has 0 aromatic heterocycles. The van der Waals surface area contributed by atoms with Crippen LogP contribution in [-0.2, 0) is 9.59 Å². The molecule has 1 N–H and O–H groups in total. The molecule has 0 saturated carbocycles. The molecule has 2 amide bonds. The van der Waals surface area contributed by atoms with E-state index in [9.17, 15) is 9.59 Å². The highest BCUT2D eigenvalue weighted by atomic mass is 16.2. The molecule has 5 nitrogen and oxygen atoms in total. The van der Waals surface area contributed by atoms with Crippen molar-refractivity contribution in [1.29, 1.82) is 5.26 Å². The molecule has 1 heterocycles. The normalized spacial score (nSPS) is 16.6. The van der Waals surface area contributed by atoms with Crippen LogP contribution in [0.2, 0.25) is 0 Å². The molecule has 1 aliphatic rings. The maximum Gasteiger partial charge on any atom is 0.246 e. The van der Waals surface area contributed by atoms with Crippen molar-refractivity contribution >= 4 is 11.8 Å². The van der Waals surface area contributed by atoms with Crippen LogP contribution >= 0.6 is 0 Å². The second-order valence-electron chi connectivity index (χ2n) is 5.25. The van der Waals surface area contributed by atoms with Crippen molar-refractivity contribution in [2.75, 3.05) is 19.6 Å². The third-order valence-electron chi connectivity index (χ3n) is 3.68. The summed E-state index contributed by atoms with van der Waals surface area (Å²) < 4.78 is 0. The molecule has 0 unspecified atom stereocenters.